The second-order valence-electron chi connectivity index (χ2n) is 5.21. The van der Waals surface area contributed by atoms with Gasteiger partial charge in [0, 0.05) is 19.0 Å². The molecule has 1 aliphatic rings. The maximum Gasteiger partial charge on any atom is 0.207 e. The number of carbonyl (C=O) groups is 2. The average Bonchev–Trinajstić information content (AvgIpc) is 2.33. The fourth-order valence-corrected chi connectivity index (χ4v) is 1.92. The van der Waals surface area contributed by atoms with E-state index >= 15 is 0 Å². The van der Waals surface area contributed by atoms with E-state index < -0.39 is 11.6 Å². The van der Waals surface area contributed by atoms with Gasteiger partial charge in [-0.1, -0.05) is 0 Å². The summed E-state index contributed by atoms with van der Waals surface area (Å²) in [6.45, 7) is 4.75. The second kappa shape index (κ2) is 6.82. The number of hydrogen-bond donors (Lipinski definition) is 2. The van der Waals surface area contributed by atoms with Crippen molar-refractivity contribution in [2.24, 2.45) is 5.92 Å². The van der Waals surface area contributed by atoms with Crippen LogP contribution in [0.4, 0.5) is 0 Å². The molecule has 0 aromatic rings. The largest absolute Gasteiger partial charge is 0.388 e. The number of hydrogen-bond acceptors (Lipinski definition) is 5. The summed E-state index contributed by atoms with van der Waals surface area (Å²) in [5, 5.41) is 14.1. The standard InChI is InChI=1S/C12H22N2O4/c1-12(2,17)11(13-9-16)8-18-14-5-3-4-10(6-14)7-15/h7,9-11,17H,3-6,8H2,1-2H3,(H,13,16)/t10-,11?/m1/s1. The highest BCUT2D eigenvalue weighted by Crippen LogP contribution is 2.16. The van der Waals surface area contributed by atoms with Crippen molar-refractivity contribution in [3.05, 3.63) is 0 Å². The molecule has 1 rings (SSSR count). The van der Waals surface area contributed by atoms with Crippen LogP contribution in [0.1, 0.15) is 26.7 Å². The Labute approximate surface area is 107 Å². The van der Waals surface area contributed by atoms with Crippen LogP contribution in [0.25, 0.3) is 0 Å². The molecular formula is C12H22N2O4. The van der Waals surface area contributed by atoms with Gasteiger partial charge in [-0.3, -0.25) is 9.63 Å². The van der Waals surface area contributed by atoms with Gasteiger partial charge in [0.25, 0.3) is 0 Å². The minimum atomic E-state index is -1.05. The number of aldehydes is 1. The van der Waals surface area contributed by atoms with Gasteiger partial charge in [-0.15, -0.1) is 0 Å². The molecule has 1 saturated heterocycles. The molecule has 0 bridgehead atoms. The zero-order valence-electron chi connectivity index (χ0n) is 11.0. The molecule has 0 saturated carbocycles. The van der Waals surface area contributed by atoms with Gasteiger partial charge < -0.3 is 15.2 Å². The fourth-order valence-electron chi connectivity index (χ4n) is 1.92. The predicted molar refractivity (Wildman–Crippen MR) is 65.6 cm³/mol. The van der Waals surface area contributed by atoms with Gasteiger partial charge in [-0.25, -0.2) is 0 Å². The van der Waals surface area contributed by atoms with Gasteiger partial charge in [0.1, 0.15) is 6.29 Å². The number of nitrogens with zero attached hydrogens (tertiary/aromatic N) is 1. The highest BCUT2D eigenvalue weighted by molar-refractivity contribution is 5.53. The topological polar surface area (TPSA) is 78.9 Å². The second-order valence-corrected chi connectivity index (χ2v) is 5.21. The van der Waals surface area contributed by atoms with Crippen LogP contribution in [0.15, 0.2) is 0 Å². The Morgan fingerprint density at radius 2 is 2.28 bits per heavy atom. The Balaban J connectivity index is 2.41. The van der Waals surface area contributed by atoms with Gasteiger partial charge in [-0.05, 0) is 26.7 Å². The zero-order valence-corrected chi connectivity index (χ0v) is 11.0. The van der Waals surface area contributed by atoms with Crippen molar-refractivity contribution in [2.45, 2.75) is 38.3 Å². The van der Waals surface area contributed by atoms with Crippen LogP contribution in [0.5, 0.6) is 0 Å². The first kappa shape index (κ1) is 15.1. The molecule has 18 heavy (non-hydrogen) atoms. The van der Waals surface area contributed by atoms with Crippen molar-refractivity contribution in [1.29, 1.82) is 0 Å². The Morgan fingerprint density at radius 3 is 2.83 bits per heavy atom. The van der Waals surface area contributed by atoms with E-state index in [-0.39, 0.29) is 12.5 Å². The van der Waals surface area contributed by atoms with E-state index in [4.69, 9.17) is 4.84 Å². The van der Waals surface area contributed by atoms with E-state index in [9.17, 15) is 14.7 Å². The summed E-state index contributed by atoms with van der Waals surface area (Å²) in [7, 11) is 0. The lowest BCUT2D eigenvalue weighted by Crippen LogP contribution is -2.51. The van der Waals surface area contributed by atoms with E-state index in [0.717, 1.165) is 25.7 Å². The first-order chi connectivity index (χ1) is 8.47. The SMILES string of the molecule is CC(C)(O)C(CON1CCC[C@@H](C=O)C1)NC=O. The lowest BCUT2D eigenvalue weighted by atomic mass is 10.00. The van der Waals surface area contributed by atoms with Crippen LogP contribution in [0.2, 0.25) is 0 Å². The summed E-state index contributed by atoms with van der Waals surface area (Å²) in [5.74, 6) is 0.0124. The van der Waals surface area contributed by atoms with E-state index in [0.29, 0.717) is 13.0 Å². The predicted octanol–water partition coefficient (Wildman–Crippen LogP) is -0.286. The maximum absolute atomic E-state index is 10.7. The maximum atomic E-state index is 10.7. The average molecular weight is 258 g/mol. The van der Waals surface area contributed by atoms with Crippen molar-refractivity contribution < 1.29 is 19.5 Å². The Morgan fingerprint density at radius 1 is 1.56 bits per heavy atom. The molecule has 1 unspecified atom stereocenters. The lowest BCUT2D eigenvalue weighted by molar-refractivity contribution is -0.192. The van der Waals surface area contributed by atoms with E-state index in [1.807, 2.05) is 0 Å². The Kier molecular flexibility index (Phi) is 5.71. The summed E-state index contributed by atoms with van der Waals surface area (Å²) >= 11 is 0. The molecule has 6 heteroatoms. The third kappa shape index (κ3) is 4.72. The highest BCUT2D eigenvalue weighted by atomic mass is 16.7. The molecule has 104 valence electrons. The molecule has 1 aliphatic heterocycles. The van der Waals surface area contributed by atoms with Gasteiger partial charge >= 0.3 is 0 Å². The van der Waals surface area contributed by atoms with Crippen LogP contribution >= 0.6 is 0 Å². The summed E-state index contributed by atoms with van der Waals surface area (Å²) in [4.78, 5) is 26.7. The lowest BCUT2D eigenvalue weighted by Gasteiger charge is -2.33. The van der Waals surface area contributed by atoms with Crippen molar-refractivity contribution in [3.8, 4) is 0 Å². The number of amides is 1. The van der Waals surface area contributed by atoms with Crippen molar-refractivity contribution in [2.75, 3.05) is 19.7 Å². The third-order valence-electron chi connectivity index (χ3n) is 3.16. The minimum absolute atomic E-state index is 0.0124. The van der Waals surface area contributed by atoms with Gasteiger partial charge in [-0.2, -0.15) is 5.06 Å². The summed E-state index contributed by atoms with van der Waals surface area (Å²) in [5.41, 5.74) is -1.05. The van der Waals surface area contributed by atoms with E-state index in [1.54, 1.807) is 18.9 Å². The Hall–Kier alpha value is -0.980. The van der Waals surface area contributed by atoms with Crippen LogP contribution in [0, 0.1) is 5.92 Å². The molecule has 0 radical (unpaired) electrons. The van der Waals surface area contributed by atoms with Crippen LogP contribution in [0.3, 0.4) is 0 Å². The highest BCUT2D eigenvalue weighted by Gasteiger charge is 2.28. The number of hydroxylamine groups is 2. The first-order valence-corrected chi connectivity index (χ1v) is 6.22. The number of aliphatic hydroxyl groups is 1. The molecule has 2 N–H and O–H groups in total. The molecule has 1 fully saturated rings. The molecule has 0 aromatic heterocycles. The van der Waals surface area contributed by atoms with Crippen LogP contribution in [-0.2, 0) is 14.4 Å². The van der Waals surface area contributed by atoms with Crippen molar-refractivity contribution in [1.82, 2.24) is 10.4 Å². The molecule has 0 spiro atoms. The van der Waals surface area contributed by atoms with Crippen LogP contribution in [-0.4, -0.2) is 54.2 Å². The number of carbonyl (C=O) groups excluding carboxylic acids is 2. The van der Waals surface area contributed by atoms with Gasteiger partial charge in [0.15, 0.2) is 0 Å². The third-order valence-corrected chi connectivity index (χ3v) is 3.16. The molecule has 2 atom stereocenters. The van der Waals surface area contributed by atoms with Crippen molar-refractivity contribution >= 4 is 12.7 Å². The molecule has 6 nitrogen and oxygen atoms in total. The first-order valence-electron chi connectivity index (χ1n) is 6.22. The van der Waals surface area contributed by atoms with Crippen molar-refractivity contribution in [3.63, 3.8) is 0 Å². The number of piperidine rings is 1. The fraction of sp³-hybridized carbons (Fsp3) is 0.833. The molecule has 1 amide bonds. The van der Waals surface area contributed by atoms with Gasteiger partial charge in [0.2, 0.25) is 6.41 Å². The molecule has 0 aromatic carbocycles. The quantitative estimate of drug-likeness (QED) is 0.614. The molecular weight excluding hydrogens is 236 g/mol. The molecule has 1 heterocycles. The molecule has 0 aliphatic carbocycles. The number of nitrogens with one attached hydrogen (secondary N) is 1. The smallest absolute Gasteiger partial charge is 0.207 e. The summed E-state index contributed by atoms with van der Waals surface area (Å²) in [6.07, 6.45) is 3.31. The van der Waals surface area contributed by atoms with E-state index in [1.165, 1.54) is 0 Å². The Bertz CT molecular complexity index is 278. The number of rotatable bonds is 7. The summed E-state index contributed by atoms with van der Waals surface area (Å²) in [6, 6.07) is -0.480. The van der Waals surface area contributed by atoms with Crippen LogP contribution < -0.4 is 5.32 Å². The summed E-state index contributed by atoms with van der Waals surface area (Å²) < 4.78 is 0. The van der Waals surface area contributed by atoms with Gasteiger partial charge in [0.05, 0.1) is 18.2 Å². The normalized spacial score (nSPS) is 23.4. The minimum Gasteiger partial charge on any atom is -0.388 e. The van der Waals surface area contributed by atoms with E-state index in [2.05, 4.69) is 5.32 Å². The zero-order chi connectivity index (χ0) is 13.6. The monoisotopic (exact) mass is 258 g/mol.